The molecule has 0 radical (unpaired) electrons. The fourth-order valence-electron chi connectivity index (χ4n) is 3.23. The highest BCUT2D eigenvalue weighted by atomic mass is 16.1. The second-order valence-electron chi connectivity index (χ2n) is 8.51. The minimum absolute atomic E-state index is 0.0833. The number of aldehydes is 1. The summed E-state index contributed by atoms with van der Waals surface area (Å²) in [5.74, 6) is 0.877. The van der Waals surface area contributed by atoms with Gasteiger partial charge in [0.05, 0.1) is 5.69 Å². The van der Waals surface area contributed by atoms with Gasteiger partial charge in [0, 0.05) is 36.6 Å². The summed E-state index contributed by atoms with van der Waals surface area (Å²) in [6, 6.07) is 5.78. The lowest BCUT2D eigenvalue weighted by atomic mass is 9.72. The number of rotatable bonds is 3. The second kappa shape index (κ2) is 9.73. The van der Waals surface area contributed by atoms with Gasteiger partial charge in [-0.1, -0.05) is 13.3 Å². The molecule has 5 rings (SSSR count). The van der Waals surface area contributed by atoms with E-state index in [2.05, 4.69) is 25.5 Å². The van der Waals surface area contributed by atoms with Gasteiger partial charge in [0.25, 0.3) is 0 Å². The van der Waals surface area contributed by atoms with E-state index in [9.17, 15) is 4.79 Å². The Bertz CT molecular complexity index is 1190. The zero-order chi connectivity index (χ0) is 23.3. The zero-order valence-electron chi connectivity index (χ0n) is 19.3. The molecule has 170 valence electrons. The molecule has 0 amide bonds. The molecule has 4 heterocycles. The molecule has 4 aromatic heterocycles. The van der Waals surface area contributed by atoms with E-state index in [0.717, 1.165) is 41.5 Å². The third-order valence-corrected chi connectivity index (χ3v) is 5.08. The van der Waals surface area contributed by atoms with Crippen LogP contribution in [0.2, 0.25) is 0 Å². The van der Waals surface area contributed by atoms with E-state index in [1.54, 1.807) is 22.3 Å². The van der Waals surface area contributed by atoms with E-state index in [-0.39, 0.29) is 11.4 Å². The van der Waals surface area contributed by atoms with Crippen molar-refractivity contribution in [2.24, 2.45) is 5.41 Å². The van der Waals surface area contributed by atoms with Crippen molar-refractivity contribution in [2.75, 3.05) is 39.2 Å². The number of nitrogens with zero attached hydrogens (tertiary/aromatic N) is 7. The molecular weight excluding hydrogens is 406 g/mol. The Morgan fingerprint density at radius 2 is 1.84 bits per heavy atom. The molecule has 32 heavy (non-hydrogen) atoms. The van der Waals surface area contributed by atoms with Crippen molar-refractivity contribution in [3.63, 3.8) is 0 Å². The number of anilines is 2. The van der Waals surface area contributed by atoms with Gasteiger partial charge in [-0.15, -0.1) is 5.10 Å². The van der Waals surface area contributed by atoms with Crippen LogP contribution in [0.1, 0.15) is 26.2 Å². The number of nitrogen functional groups attached to an aromatic ring is 1. The van der Waals surface area contributed by atoms with Crippen LogP contribution in [-0.2, 0) is 4.79 Å². The van der Waals surface area contributed by atoms with Crippen molar-refractivity contribution < 1.29 is 4.79 Å². The Morgan fingerprint density at radius 1 is 1.12 bits per heavy atom. The Hall–Kier alpha value is -3.53. The third-order valence-electron chi connectivity index (χ3n) is 5.08. The molecule has 0 bridgehead atoms. The van der Waals surface area contributed by atoms with Crippen LogP contribution in [0.5, 0.6) is 0 Å². The molecule has 1 aliphatic rings. The topological polar surface area (TPSA) is 119 Å². The lowest BCUT2D eigenvalue weighted by Gasteiger charge is -2.31. The standard InChI is InChI=1S/C13H12N8.C6H10O.C3H9N/c1-15-12-11-8(4-6-21(11)19-13(14)17-12)9-2-3-10-16-5-7-20(10)18-9;1-6(5-7)3-2-4-6;1-4(2)3/h2-7H,1H3,(H3,14,15,17,19);5H,2-4H2,1H3;1-3H3. The van der Waals surface area contributed by atoms with Gasteiger partial charge in [0.1, 0.15) is 11.8 Å². The summed E-state index contributed by atoms with van der Waals surface area (Å²) in [5.41, 5.74) is 9.15. The maximum Gasteiger partial charge on any atom is 0.240 e. The number of carbonyl (C=O) groups is 1. The summed E-state index contributed by atoms with van der Waals surface area (Å²) in [5, 5.41) is 11.8. The van der Waals surface area contributed by atoms with E-state index in [4.69, 9.17) is 5.73 Å². The van der Waals surface area contributed by atoms with Gasteiger partial charge >= 0.3 is 0 Å². The van der Waals surface area contributed by atoms with Gasteiger partial charge in [-0.05, 0) is 52.2 Å². The summed E-state index contributed by atoms with van der Waals surface area (Å²) >= 11 is 0. The summed E-state index contributed by atoms with van der Waals surface area (Å²) in [6.45, 7) is 2.02. The van der Waals surface area contributed by atoms with Crippen LogP contribution in [-0.4, -0.2) is 68.6 Å². The number of hydrogen-bond donors (Lipinski definition) is 2. The van der Waals surface area contributed by atoms with Gasteiger partial charge in [0.15, 0.2) is 11.5 Å². The smallest absolute Gasteiger partial charge is 0.240 e. The van der Waals surface area contributed by atoms with E-state index in [1.165, 1.54) is 6.42 Å². The lowest BCUT2D eigenvalue weighted by molar-refractivity contribution is -0.119. The molecule has 0 saturated heterocycles. The van der Waals surface area contributed by atoms with E-state index in [1.807, 2.05) is 63.6 Å². The third kappa shape index (κ3) is 5.20. The first kappa shape index (κ1) is 23.1. The zero-order valence-corrected chi connectivity index (χ0v) is 19.3. The van der Waals surface area contributed by atoms with Crippen molar-refractivity contribution >= 4 is 29.2 Å². The van der Waals surface area contributed by atoms with Crippen LogP contribution in [0, 0.1) is 5.41 Å². The maximum absolute atomic E-state index is 10.1. The Morgan fingerprint density at radius 3 is 2.41 bits per heavy atom. The minimum Gasteiger partial charge on any atom is -0.371 e. The van der Waals surface area contributed by atoms with Crippen molar-refractivity contribution in [2.45, 2.75) is 26.2 Å². The molecule has 10 nitrogen and oxygen atoms in total. The summed E-state index contributed by atoms with van der Waals surface area (Å²) < 4.78 is 3.43. The van der Waals surface area contributed by atoms with Crippen molar-refractivity contribution in [3.8, 4) is 11.3 Å². The molecule has 3 N–H and O–H groups in total. The van der Waals surface area contributed by atoms with Gasteiger partial charge in [-0.25, -0.2) is 14.0 Å². The number of hydrogen-bond acceptors (Lipinski definition) is 8. The van der Waals surface area contributed by atoms with E-state index < -0.39 is 0 Å². The molecule has 1 fully saturated rings. The Kier molecular flexibility index (Phi) is 7.04. The van der Waals surface area contributed by atoms with Gasteiger partial charge in [0.2, 0.25) is 5.95 Å². The first-order chi connectivity index (χ1) is 15.3. The van der Waals surface area contributed by atoms with E-state index >= 15 is 0 Å². The predicted octanol–water partition coefficient (Wildman–Crippen LogP) is 2.62. The quantitative estimate of drug-likeness (QED) is 0.470. The van der Waals surface area contributed by atoms with Crippen molar-refractivity contribution in [3.05, 3.63) is 36.8 Å². The van der Waals surface area contributed by atoms with Crippen molar-refractivity contribution in [1.82, 2.24) is 34.1 Å². The molecule has 4 aromatic rings. The van der Waals surface area contributed by atoms with Crippen molar-refractivity contribution in [1.29, 1.82) is 0 Å². The number of nitrogens with one attached hydrogen (secondary N) is 1. The number of nitrogens with two attached hydrogens (primary N) is 1. The van der Waals surface area contributed by atoms with Gasteiger partial charge in [-0.2, -0.15) is 10.1 Å². The molecule has 0 aromatic carbocycles. The lowest BCUT2D eigenvalue weighted by Crippen LogP contribution is -2.26. The first-order valence-electron chi connectivity index (χ1n) is 10.5. The number of carbonyl (C=O) groups excluding carboxylic acids is 1. The fraction of sp³-hybridized carbons (Fsp3) is 0.409. The largest absolute Gasteiger partial charge is 0.371 e. The van der Waals surface area contributed by atoms with Gasteiger partial charge < -0.3 is 20.7 Å². The van der Waals surface area contributed by atoms with Crippen LogP contribution >= 0.6 is 0 Å². The summed E-state index contributed by atoms with van der Waals surface area (Å²) in [4.78, 5) is 20.5. The molecule has 0 unspecified atom stereocenters. The van der Waals surface area contributed by atoms with Crippen LogP contribution in [0.4, 0.5) is 11.8 Å². The molecule has 1 aliphatic carbocycles. The second-order valence-corrected chi connectivity index (χ2v) is 8.51. The average Bonchev–Trinajstić information content (AvgIpc) is 3.37. The highest BCUT2D eigenvalue weighted by molar-refractivity contribution is 5.87. The Balaban J connectivity index is 0.000000218. The highest BCUT2D eigenvalue weighted by Crippen LogP contribution is 2.37. The highest BCUT2D eigenvalue weighted by Gasteiger charge is 2.30. The summed E-state index contributed by atoms with van der Waals surface area (Å²) in [6.07, 6.45) is 9.90. The molecule has 0 spiro atoms. The maximum atomic E-state index is 10.1. The SMILES string of the molecule is CC1(C=O)CCC1.CN(C)C.CNc1nc(N)nn2ccc(-c3ccc4nccn4n3)c12. The van der Waals surface area contributed by atoms with Crippen LogP contribution in [0.3, 0.4) is 0 Å². The molecular formula is C22H31N9O. The van der Waals surface area contributed by atoms with Gasteiger partial charge in [-0.3, -0.25) is 0 Å². The first-order valence-corrected chi connectivity index (χ1v) is 10.5. The normalized spacial score (nSPS) is 14.2. The van der Waals surface area contributed by atoms with Crippen LogP contribution in [0.15, 0.2) is 36.8 Å². The monoisotopic (exact) mass is 437 g/mol. The predicted molar refractivity (Wildman–Crippen MR) is 127 cm³/mol. The average molecular weight is 438 g/mol. The molecule has 0 aliphatic heterocycles. The minimum atomic E-state index is 0.0833. The Labute approximate surface area is 187 Å². The molecule has 10 heteroatoms. The number of fused-ring (bicyclic) bond motifs is 2. The number of aromatic nitrogens is 6. The number of imidazole rings is 1. The van der Waals surface area contributed by atoms with Crippen LogP contribution in [0.25, 0.3) is 22.4 Å². The molecule has 0 atom stereocenters. The van der Waals surface area contributed by atoms with E-state index in [0.29, 0.717) is 5.82 Å². The molecule has 1 saturated carbocycles. The van der Waals surface area contributed by atoms with Crippen LogP contribution < -0.4 is 11.1 Å². The fourth-order valence-corrected chi connectivity index (χ4v) is 3.23. The summed E-state index contributed by atoms with van der Waals surface area (Å²) in [7, 11) is 7.80.